The van der Waals surface area contributed by atoms with Gasteiger partial charge in [-0.1, -0.05) is 0 Å². The van der Waals surface area contributed by atoms with Gasteiger partial charge in [0.2, 0.25) is 10.0 Å². The minimum Gasteiger partial charge on any atom is -0.329 e. The second-order valence-electron chi connectivity index (χ2n) is 5.95. The van der Waals surface area contributed by atoms with Gasteiger partial charge in [0.05, 0.1) is 24.8 Å². The molecule has 0 aliphatic carbocycles. The van der Waals surface area contributed by atoms with E-state index in [0.717, 1.165) is 42.5 Å². The maximum absolute atomic E-state index is 11.2. The number of aromatic nitrogens is 3. The molecular formula is C14H21N5O2S2. The predicted octanol–water partition coefficient (Wildman–Crippen LogP) is 1.14. The molecule has 1 aliphatic rings. The number of hydrogen-bond acceptors (Lipinski definition) is 6. The normalized spacial score (nSPS) is 19.0. The Morgan fingerprint density at radius 2 is 2.30 bits per heavy atom. The second-order valence-corrected chi connectivity index (χ2v) is 8.73. The Kier molecular flexibility index (Phi) is 4.81. The number of sulfonamides is 1. The van der Waals surface area contributed by atoms with Crippen LogP contribution in [0, 0.1) is 6.92 Å². The van der Waals surface area contributed by atoms with Gasteiger partial charge in [0.25, 0.3) is 0 Å². The van der Waals surface area contributed by atoms with E-state index in [4.69, 9.17) is 0 Å². The number of rotatable bonds is 6. The standard InChI is InChI=1S/C14H21N5O2S2/c1-11-9-22-14(17-11)8-18-6-12(3-4-16-23(2,20)21)19-10-15-5-13(19)7-18/h5,9-10,12,16H,3-4,6-8H2,1-2H3/t12-/m0/s1. The molecule has 0 unspecified atom stereocenters. The van der Waals surface area contributed by atoms with Gasteiger partial charge in [0, 0.05) is 42.9 Å². The van der Waals surface area contributed by atoms with Crippen molar-refractivity contribution in [2.75, 3.05) is 19.3 Å². The van der Waals surface area contributed by atoms with Crippen molar-refractivity contribution in [3.8, 4) is 0 Å². The lowest BCUT2D eigenvalue weighted by atomic mass is 10.1. The lowest BCUT2D eigenvalue weighted by Gasteiger charge is -2.34. The van der Waals surface area contributed by atoms with Gasteiger partial charge in [-0.25, -0.2) is 23.1 Å². The van der Waals surface area contributed by atoms with Crippen LogP contribution >= 0.6 is 11.3 Å². The van der Waals surface area contributed by atoms with Crippen molar-refractivity contribution in [3.05, 3.63) is 34.3 Å². The molecule has 9 heteroatoms. The maximum atomic E-state index is 11.2. The predicted molar refractivity (Wildman–Crippen MR) is 89.7 cm³/mol. The molecule has 1 aliphatic heterocycles. The number of fused-ring (bicyclic) bond motifs is 1. The van der Waals surface area contributed by atoms with Crippen LogP contribution in [0.15, 0.2) is 17.9 Å². The van der Waals surface area contributed by atoms with Crippen molar-refractivity contribution in [3.63, 3.8) is 0 Å². The number of imidazole rings is 1. The van der Waals surface area contributed by atoms with Gasteiger partial charge in [-0.3, -0.25) is 4.90 Å². The minimum atomic E-state index is -3.15. The summed E-state index contributed by atoms with van der Waals surface area (Å²) in [5.41, 5.74) is 2.22. The van der Waals surface area contributed by atoms with E-state index >= 15 is 0 Å². The van der Waals surface area contributed by atoms with Crippen LogP contribution in [-0.2, 0) is 23.1 Å². The van der Waals surface area contributed by atoms with Crippen LogP contribution in [0.2, 0.25) is 0 Å². The molecule has 0 amide bonds. The summed E-state index contributed by atoms with van der Waals surface area (Å²) in [6, 6.07) is 0.219. The fraction of sp³-hybridized carbons (Fsp3) is 0.571. The Morgan fingerprint density at radius 1 is 1.48 bits per heavy atom. The van der Waals surface area contributed by atoms with E-state index in [1.807, 2.05) is 19.4 Å². The zero-order valence-corrected chi connectivity index (χ0v) is 14.9. The first-order valence-corrected chi connectivity index (χ1v) is 10.3. The van der Waals surface area contributed by atoms with E-state index < -0.39 is 10.0 Å². The molecule has 0 saturated carbocycles. The number of hydrogen-bond donors (Lipinski definition) is 1. The highest BCUT2D eigenvalue weighted by atomic mass is 32.2. The van der Waals surface area contributed by atoms with Crippen LogP contribution in [0.4, 0.5) is 0 Å². The molecule has 3 rings (SSSR count). The average Bonchev–Trinajstić information content (AvgIpc) is 3.06. The smallest absolute Gasteiger partial charge is 0.208 e. The van der Waals surface area contributed by atoms with Gasteiger partial charge < -0.3 is 4.57 Å². The van der Waals surface area contributed by atoms with Gasteiger partial charge in [0.1, 0.15) is 5.01 Å². The summed E-state index contributed by atoms with van der Waals surface area (Å²) >= 11 is 1.68. The molecule has 23 heavy (non-hydrogen) atoms. The van der Waals surface area contributed by atoms with E-state index in [2.05, 4.69) is 29.5 Å². The molecule has 1 N–H and O–H groups in total. The second kappa shape index (κ2) is 6.68. The topological polar surface area (TPSA) is 80.1 Å². The molecule has 0 spiro atoms. The molecule has 2 aromatic rings. The summed E-state index contributed by atoms with van der Waals surface area (Å²) in [4.78, 5) is 11.1. The molecule has 3 heterocycles. The van der Waals surface area contributed by atoms with Crippen molar-refractivity contribution in [1.82, 2.24) is 24.2 Å². The monoisotopic (exact) mass is 355 g/mol. The number of aryl methyl sites for hydroxylation is 1. The zero-order valence-electron chi connectivity index (χ0n) is 13.3. The van der Waals surface area contributed by atoms with E-state index in [0.29, 0.717) is 6.54 Å². The zero-order chi connectivity index (χ0) is 16.4. The lowest BCUT2D eigenvalue weighted by molar-refractivity contribution is 0.172. The van der Waals surface area contributed by atoms with Gasteiger partial charge >= 0.3 is 0 Å². The van der Waals surface area contributed by atoms with Crippen molar-refractivity contribution < 1.29 is 8.42 Å². The summed E-state index contributed by atoms with van der Waals surface area (Å²) in [7, 11) is -3.15. The average molecular weight is 355 g/mol. The van der Waals surface area contributed by atoms with E-state index in [1.165, 1.54) is 6.26 Å². The van der Waals surface area contributed by atoms with E-state index in [-0.39, 0.29) is 6.04 Å². The minimum absolute atomic E-state index is 0.219. The number of thiazole rings is 1. The molecule has 126 valence electrons. The third-order valence-electron chi connectivity index (χ3n) is 3.86. The first-order valence-electron chi connectivity index (χ1n) is 7.49. The van der Waals surface area contributed by atoms with Crippen molar-refractivity contribution >= 4 is 21.4 Å². The van der Waals surface area contributed by atoms with Gasteiger partial charge in [0.15, 0.2) is 0 Å². The third-order valence-corrected chi connectivity index (χ3v) is 5.54. The van der Waals surface area contributed by atoms with Crippen molar-refractivity contribution in [1.29, 1.82) is 0 Å². The Balaban J connectivity index is 1.67. The molecule has 0 fully saturated rings. The Labute approximate surface area is 140 Å². The first-order chi connectivity index (χ1) is 10.9. The van der Waals surface area contributed by atoms with Gasteiger partial charge in [-0.2, -0.15) is 0 Å². The highest BCUT2D eigenvalue weighted by Crippen LogP contribution is 2.25. The number of nitrogens with zero attached hydrogens (tertiary/aromatic N) is 4. The molecule has 0 bridgehead atoms. The molecular weight excluding hydrogens is 334 g/mol. The summed E-state index contributed by atoms with van der Waals surface area (Å²) in [5.74, 6) is 0. The van der Waals surface area contributed by atoms with Crippen LogP contribution in [0.25, 0.3) is 0 Å². The van der Waals surface area contributed by atoms with Crippen LogP contribution in [0.5, 0.6) is 0 Å². The Bertz CT molecular complexity index is 768. The van der Waals surface area contributed by atoms with E-state index in [1.54, 1.807) is 11.3 Å². The van der Waals surface area contributed by atoms with Crippen LogP contribution in [0.3, 0.4) is 0 Å². The molecule has 2 aromatic heterocycles. The Hall–Kier alpha value is -1.29. The van der Waals surface area contributed by atoms with Crippen molar-refractivity contribution in [2.24, 2.45) is 0 Å². The van der Waals surface area contributed by atoms with Crippen LogP contribution in [-0.4, -0.2) is 47.2 Å². The molecule has 0 aromatic carbocycles. The van der Waals surface area contributed by atoms with E-state index in [9.17, 15) is 8.42 Å². The maximum Gasteiger partial charge on any atom is 0.208 e. The largest absolute Gasteiger partial charge is 0.329 e. The quantitative estimate of drug-likeness (QED) is 0.841. The van der Waals surface area contributed by atoms with Crippen LogP contribution in [0.1, 0.15) is 28.9 Å². The summed E-state index contributed by atoms with van der Waals surface area (Å²) in [5, 5.41) is 3.18. The molecule has 0 saturated heterocycles. The highest BCUT2D eigenvalue weighted by molar-refractivity contribution is 7.88. The summed E-state index contributed by atoms with van der Waals surface area (Å²) < 4.78 is 27.2. The fourth-order valence-electron chi connectivity index (χ4n) is 2.89. The Morgan fingerprint density at radius 3 is 3.00 bits per heavy atom. The lowest BCUT2D eigenvalue weighted by Crippen LogP contribution is -2.38. The summed E-state index contributed by atoms with van der Waals surface area (Å²) in [6.07, 6.45) is 5.65. The third kappa shape index (κ3) is 4.37. The first kappa shape index (κ1) is 16.6. The van der Waals surface area contributed by atoms with Crippen LogP contribution < -0.4 is 4.72 Å². The van der Waals surface area contributed by atoms with Gasteiger partial charge in [-0.15, -0.1) is 11.3 Å². The fourth-order valence-corrected chi connectivity index (χ4v) is 4.19. The highest BCUT2D eigenvalue weighted by Gasteiger charge is 2.25. The summed E-state index contributed by atoms with van der Waals surface area (Å²) in [6.45, 7) is 4.97. The van der Waals surface area contributed by atoms with Crippen molar-refractivity contribution in [2.45, 2.75) is 32.5 Å². The number of nitrogens with one attached hydrogen (secondary N) is 1. The SMILES string of the molecule is Cc1csc(CN2Cc3cncn3[C@@H](CCNS(C)(=O)=O)C2)n1. The van der Waals surface area contributed by atoms with Gasteiger partial charge in [-0.05, 0) is 13.3 Å². The molecule has 0 radical (unpaired) electrons. The molecule has 1 atom stereocenters. The molecule has 7 nitrogen and oxygen atoms in total.